The Kier molecular flexibility index (Phi) is 2.28. The molecule has 2 rings (SSSR count). The standard InChI is InChI=1S/C8H4N4O5/c13-3-4-1-2-5-6(7(4)11(14)15)8(10-9-5)12(16)17/h1-3H,(H,9,10). The number of rotatable bonds is 3. The van der Waals surface area contributed by atoms with Gasteiger partial charge in [0, 0.05) is 0 Å². The second kappa shape index (κ2) is 3.63. The van der Waals surface area contributed by atoms with E-state index in [1.807, 2.05) is 0 Å². The predicted molar refractivity (Wildman–Crippen MR) is 54.8 cm³/mol. The van der Waals surface area contributed by atoms with Gasteiger partial charge in [0.25, 0.3) is 5.69 Å². The minimum atomic E-state index is -0.839. The van der Waals surface area contributed by atoms with Gasteiger partial charge in [-0.1, -0.05) is 5.10 Å². The summed E-state index contributed by atoms with van der Waals surface area (Å²) < 4.78 is 0. The summed E-state index contributed by atoms with van der Waals surface area (Å²) in [6.45, 7) is 0. The molecular formula is C8H4N4O5. The number of hydrogen-bond acceptors (Lipinski definition) is 6. The van der Waals surface area contributed by atoms with Crippen molar-refractivity contribution in [1.82, 2.24) is 10.2 Å². The van der Waals surface area contributed by atoms with Crippen LogP contribution in [0.25, 0.3) is 10.9 Å². The molecule has 0 amide bonds. The van der Waals surface area contributed by atoms with Gasteiger partial charge in [0.1, 0.15) is 5.52 Å². The van der Waals surface area contributed by atoms with Crippen molar-refractivity contribution in [3.8, 4) is 0 Å². The summed E-state index contributed by atoms with van der Waals surface area (Å²) in [5.41, 5.74) is -0.779. The number of aldehydes is 1. The number of benzene rings is 1. The maximum absolute atomic E-state index is 10.8. The average molecular weight is 236 g/mol. The minimum Gasteiger partial charge on any atom is -0.358 e. The minimum absolute atomic E-state index is 0.0639. The van der Waals surface area contributed by atoms with Crippen LogP contribution in [-0.4, -0.2) is 26.3 Å². The Morgan fingerprint density at radius 2 is 1.94 bits per heavy atom. The maximum Gasteiger partial charge on any atom is 0.357 e. The summed E-state index contributed by atoms with van der Waals surface area (Å²) in [5, 5.41) is 26.9. The molecule has 0 saturated heterocycles. The van der Waals surface area contributed by atoms with Gasteiger partial charge in [-0.05, 0) is 17.1 Å². The first-order valence-electron chi connectivity index (χ1n) is 4.31. The molecule has 1 aromatic carbocycles. The van der Waals surface area contributed by atoms with E-state index in [4.69, 9.17) is 0 Å². The fraction of sp³-hybridized carbons (Fsp3) is 0. The Hall–Kier alpha value is -2.84. The van der Waals surface area contributed by atoms with Crippen LogP contribution < -0.4 is 0 Å². The fourth-order valence-electron chi connectivity index (χ4n) is 1.52. The highest BCUT2D eigenvalue weighted by atomic mass is 16.6. The van der Waals surface area contributed by atoms with Gasteiger partial charge in [-0.25, -0.2) is 0 Å². The van der Waals surface area contributed by atoms with Crippen molar-refractivity contribution in [3.05, 3.63) is 37.9 Å². The zero-order valence-electron chi connectivity index (χ0n) is 8.11. The van der Waals surface area contributed by atoms with E-state index in [1.54, 1.807) is 0 Å². The third-order valence-electron chi connectivity index (χ3n) is 2.20. The van der Waals surface area contributed by atoms with Crippen LogP contribution in [0.1, 0.15) is 10.4 Å². The molecule has 9 nitrogen and oxygen atoms in total. The molecule has 17 heavy (non-hydrogen) atoms. The molecule has 0 aliphatic heterocycles. The Balaban J connectivity index is 2.96. The maximum atomic E-state index is 10.8. The van der Waals surface area contributed by atoms with Crippen molar-refractivity contribution in [1.29, 1.82) is 0 Å². The zero-order chi connectivity index (χ0) is 12.6. The van der Waals surface area contributed by atoms with Crippen molar-refractivity contribution in [2.75, 3.05) is 0 Å². The highest BCUT2D eigenvalue weighted by Gasteiger charge is 2.28. The Labute approximate surface area is 92.3 Å². The summed E-state index contributed by atoms with van der Waals surface area (Å²) in [6.07, 6.45) is 0.272. The molecule has 0 fully saturated rings. The first-order valence-corrected chi connectivity index (χ1v) is 4.31. The van der Waals surface area contributed by atoms with Gasteiger partial charge < -0.3 is 10.1 Å². The Bertz CT molecular complexity index is 647. The number of H-pyrrole nitrogens is 1. The topological polar surface area (TPSA) is 132 Å². The first kappa shape index (κ1) is 10.7. The van der Waals surface area contributed by atoms with E-state index in [0.717, 1.165) is 0 Å². The number of carbonyl (C=O) groups is 1. The van der Waals surface area contributed by atoms with E-state index in [1.165, 1.54) is 12.1 Å². The summed E-state index contributed by atoms with van der Waals surface area (Å²) in [6, 6.07) is 2.49. The third kappa shape index (κ3) is 1.49. The van der Waals surface area contributed by atoms with E-state index in [2.05, 4.69) is 10.2 Å². The first-order chi connectivity index (χ1) is 8.06. The largest absolute Gasteiger partial charge is 0.358 e. The molecule has 0 spiro atoms. The number of aromatic amines is 1. The SMILES string of the molecule is O=Cc1ccc2n[nH]c([N+](=O)[O-])c2c1[N+](=O)[O-]. The molecule has 0 bridgehead atoms. The van der Waals surface area contributed by atoms with Gasteiger partial charge in [0.15, 0.2) is 11.7 Å². The number of fused-ring (bicyclic) bond motifs is 1. The average Bonchev–Trinajstić information content (AvgIpc) is 2.70. The highest BCUT2D eigenvalue weighted by molar-refractivity contribution is 6.01. The van der Waals surface area contributed by atoms with Crippen LogP contribution in [0.15, 0.2) is 12.1 Å². The Morgan fingerprint density at radius 3 is 2.47 bits per heavy atom. The summed E-state index contributed by atoms with van der Waals surface area (Å²) in [5.74, 6) is -0.601. The lowest BCUT2D eigenvalue weighted by Crippen LogP contribution is -1.97. The van der Waals surface area contributed by atoms with Crippen LogP contribution in [0.4, 0.5) is 11.5 Å². The van der Waals surface area contributed by atoms with Crippen LogP contribution in [-0.2, 0) is 0 Å². The number of aromatic nitrogens is 2. The predicted octanol–water partition coefficient (Wildman–Crippen LogP) is 1.19. The number of nitrogens with zero attached hydrogens (tertiary/aromatic N) is 3. The number of nitro benzene ring substituents is 1. The van der Waals surface area contributed by atoms with Crippen molar-refractivity contribution < 1.29 is 14.6 Å². The van der Waals surface area contributed by atoms with Gasteiger partial charge in [-0.15, -0.1) is 5.10 Å². The van der Waals surface area contributed by atoms with Crippen LogP contribution >= 0.6 is 0 Å². The highest BCUT2D eigenvalue weighted by Crippen LogP contribution is 2.33. The second-order valence-corrected chi connectivity index (χ2v) is 3.10. The van der Waals surface area contributed by atoms with Crippen molar-refractivity contribution in [3.63, 3.8) is 0 Å². The summed E-state index contributed by atoms with van der Waals surface area (Å²) in [7, 11) is 0. The normalized spacial score (nSPS) is 10.4. The van der Waals surface area contributed by atoms with E-state index in [-0.39, 0.29) is 22.8 Å². The fourth-order valence-corrected chi connectivity index (χ4v) is 1.52. The van der Waals surface area contributed by atoms with E-state index < -0.39 is 21.4 Å². The lowest BCUT2D eigenvalue weighted by atomic mass is 10.1. The molecule has 0 aliphatic carbocycles. The van der Waals surface area contributed by atoms with E-state index in [0.29, 0.717) is 0 Å². The van der Waals surface area contributed by atoms with Crippen molar-refractivity contribution >= 4 is 28.7 Å². The lowest BCUT2D eigenvalue weighted by molar-refractivity contribution is -0.393. The smallest absolute Gasteiger partial charge is 0.357 e. The zero-order valence-corrected chi connectivity index (χ0v) is 8.11. The second-order valence-electron chi connectivity index (χ2n) is 3.10. The monoisotopic (exact) mass is 236 g/mol. The molecule has 1 heterocycles. The van der Waals surface area contributed by atoms with Crippen molar-refractivity contribution in [2.45, 2.75) is 0 Å². The van der Waals surface area contributed by atoms with Crippen LogP contribution in [0.2, 0.25) is 0 Å². The van der Waals surface area contributed by atoms with Gasteiger partial charge >= 0.3 is 5.82 Å². The molecule has 1 N–H and O–H groups in total. The molecule has 0 radical (unpaired) electrons. The number of hydrogen-bond donors (Lipinski definition) is 1. The molecule has 1 aromatic heterocycles. The van der Waals surface area contributed by atoms with Crippen molar-refractivity contribution in [2.24, 2.45) is 0 Å². The molecule has 2 aromatic rings. The van der Waals surface area contributed by atoms with Gasteiger partial charge in [-0.2, -0.15) is 0 Å². The Morgan fingerprint density at radius 1 is 1.24 bits per heavy atom. The van der Waals surface area contributed by atoms with Crippen LogP contribution in [0, 0.1) is 20.2 Å². The number of nitrogens with one attached hydrogen (secondary N) is 1. The number of nitro groups is 2. The van der Waals surface area contributed by atoms with Crippen LogP contribution in [0.3, 0.4) is 0 Å². The quantitative estimate of drug-likeness (QED) is 0.483. The molecule has 9 heteroatoms. The van der Waals surface area contributed by atoms with Gasteiger partial charge in [0.2, 0.25) is 0 Å². The van der Waals surface area contributed by atoms with E-state index in [9.17, 15) is 25.0 Å². The van der Waals surface area contributed by atoms with Crippen LogP contribution in [0.5, 0.6) is 0 Å². The molecule has 0 saturated carbocycles. The van der Waals surface area contributed by atoms with Gasteiger partial charge in [-0.3, -0.25) is 14.9 Å². The lowest BCUT2D eigenvalue weighted by Gasteiger charge is -1.96. The molecular weight excluding hydrogens is 232 g/mol. The summed E-state index contributed by atoms with van der Waals surface area (Å²) >= 11 is 0. The van der Waals surface area contributed by atoms with E-state index >= 15 is 0 Å². The summed E-state index contributed by atoms with van der Waals surface area (Å²) in [4.78, 5) is 30.5. The third-order valence-corrected chi connectivity index (χ3v) is 2.20. The van der Waals surface area contributed by atoms with Gasteiger partial charge in [0.05, 0.1) is 10.5 Å². The number of carbonyl (C=O) groups excluding carboxylic acids is 1. The molecule has 86 valence electrons. The molecule has 0 unspecified atom stereocenters. The molecule has 0 aliphatic rings. The molecule has 0 atom stereocenters.